The second-order valence-corrected chi connectivity index (χ2v) is 4.08. The Morgan fingerprint density at radius 3 is 2.47 bits per heavy atom. The number of nitro groups is 1. The molecule has 17 heavy (non-hydrogen) atoms. The van der Waals surface area contributed by atoms with E-state index in [0.717, 1.165) is 6.07 Å². The number of carboxylic acids is 1. The Bertz CT molecular complexity index is 478. The van der Waals surface area contributed by atoms with Gasteiger partial charge in [0.25, 0.3) is 5.69 Å². The third-order valence-corrected chi connectivity index (χ3v) is 2.72. The number of anilines is 1. The van der Waals surface area contributed by atoms with Gasteiger partial charge in [0.05, 0.1) is 15.0 Å². The fourth-order valence-electron chi connectivity index (χ4n) is 1.27. The molecular weight excluding hydrogens is 271 g/mol. The van der Waals surface area contributed by atoms with Crippen LogP contribution in [-0.2, 0) is 4.79 Å². The third kappa shape index (κ3) is 3.21. The van der Waals surface area contributed by atoms with Crippen molar-refractivity contribution in [3.63, 3.8) is 0 Å². The van der Waals surface area contributed by atoms with Crippen LogP contribution in [0, 0.1) is 10.1 Å². The van der Waals surface area contributed by atoms with Gasteiger partial charge in [-0.15, -0.1) is 0 Å². The average Bonchev–Trinajstić information content (AvgIpc) is 2.19. The van der Waals surface area contributed by atoms with E-state index in [1.54, 1.807) is 0 Å². The number of carboxylic acid groups (broad SMARTS) is 1. The van der Waals surface area contributed by atoms with Crippen molar-refractivity contribution in [2.45, 2.75) is 0 Å². The SMILES string of the molecule is CN(CC(=O)O)c1cc(Cl)c(Cl)cc1[N+](=O)[O-]. The molecule has 6 nitrogen and oxygen atoms in total. The zero-order valence-electron chi connectivity index (χ0n) is 8.68. The maximum atomic E-state index is 10.8. The molecule has 1 aromatic carbocycles. The van der Waals surface area contributed by atoms with Crippen LogP contribution >= 0.6 is 23.2 Å². The summed E-state index contributed by atoms with van der Waals surface area (Å²) in [7, 11) is 1.42. The topological polar surface area (TPSA) is 83.7 Å². The molecule has 0 aliphatic carbocycles. The van der Waals surface area contributed by atoms with E-state index in [1.807, 2.05) is 0 Å². The van der Waals surface area contributed by atoms with Gasteiger partial charge in [0.2, 0.25) is 0 Å². The summed E-state index contributed by atoms with van der Waals surface area (Å²) in [5.41, 5.74) is -0.185. The lowest BCUT2D eigenvalue weighted by Crippen LogP contribution is -2.25. The molecule has 0 saturated carbocycles. The number of nitro benzene ring substituents is 1. The Balaban J connectivity index is 3.25. The van der Waals surface area contributed by atoms with Crippen molar-refractivity contribution in [1.29, 1.82) is 0 Å². The van der Waals surface area contributed by atoms with E-state index in [0.29, 0.717) is 0 Å². The van der Waals surface area contributed by atoms with E-state index in [9.17, 15) is 14.9 Å². The monoisotopic (exact) mass is 278 g/mol. The van der Waals surface area contributed by atoms with E-state index in [2.05, 4.69) is 0 Å². The lowest BCUT2D eigenvalue weighted by molar-refractivity contribution is -0.384. The minimum absolute atomic E-state index is 0.0471. The van der Waals surface area contributed by atoms with Crippen molar-refractivity contribution in [3.05, 3.63) is 32.3 Å². The summed E-state index contributed by atoms with van der Waals surface area (Å²) < 4.78 is 0. The Labute approximate surface area is 107 Å². The molecule has 1 rings (SSSR count). The first kappa shape index (κ1) is 13.5. The van der Waals surface area contributed by atoms with Crippen molar-refractivity contribution in [2.75, 3.05) is 18.5 Å². The first-order valence-electron chi connectivity index (χ1n) is 4.39. The van der Waals surface area contributed by atoms with Crippen LogP contribution in [0.3, 0.4) is 0 Å². The Hall–Kier alpha value is -1.53. The molecule has 0 aliphatic heterocycles. The number of benzene rings is 1. The summed E-state index contributed by atoms with van der Waals surface area (Å²) in [6, 6.07) is 2.36. The molecule has 0 radical (unpaired) electrons. The first-order chi connectivity index (χ1) is 7.82. The van der Waals surface area contributed by atoms with Gasteiger partial charge in [-0.1, -0.05) is 23.2 Å². The fourth-order valence-corrected chi connectivity index (χ4v) is 1.58. The van der Waals surface area contributed by atoms with Crippen molar-refractivity contribution in [3.8, 4) is 0 Å². The summed E-state index contributed by atoms with van der Waals surface area (Å²) in [5, 5.41) is 19.6. The minimum atomic E-state index is -1.10. The molecule has 1 N–H and O–H groups in total. The van der Waals surface area contributed by atoms with Gasteiger partial charge >= 0.3 is 5.97 Å². The van der Waals surface area contributed by atoms with E-state index in [4.69, 9.17) is 28.3 Å². The van der Waals surface area contributed by atoms with Gasteiger partial charge in [0.15, 0.2) is 0 Å². The van der Waals surface area contributed by atoms with Crippen molar-refractivity contribution in [2.24, 2.45) is 0 Å². The van der Waals surface area contributed by atoms with Crippen LogP contribution in [0.25, 0.3) is 0 Å². The Morgan fingerprint density at radius 1 is 1.47 bits per heavy atom. The van der Waals surface area contributed by atoms with Gasteiger partial charge in [-0.2, -0.15) is 0 Å². The van der Waals surface area contributed by atoms with Gasteiger partial charge in [0.1, 0.15) is 12.2 Å². The van der Waals surface area contributed by atoms with Gasteiger partial charge in [-0.25, -0.2) is 0 Å². The average molecular weight is 279 g/mol. The lowest BCUT2D eigenvalue weighted by Gasteiger charge is -2.17. The van der Waals surface area contributed by atoms with E-state index < -0.39 is 10.9 Å². The molecule has 0 atom stereocenters. The molecule has 0 aliphatic rings. The number of aliphatic carboxylic acids is 1. The van der Waals surface area contributed by atoms with Crippen molar-refractivity contribution in [1.82, 2.24) is 0 Å². The number of carbonyl (C=O) groups is 1. The number of hydrogen-bond donors (Lipinski definition) is 1. The number of halogens is 2. The zero-order chi connectivity index (χ0) is 13.2. The highest BCUT2D eigenvalue weighted by Gasteiger charge is 2.21. The first-order valence-corrected chi connectivity index (χ1v) is 5.15. The van der Waals surface area contributed by atoms with Crippen LogP contribution in [0.5, 0.6) is 0 Å². The van der Waals surface area contributed by atoms with Crippen LogP contribution in [0.4, 0.5) is 11.4 Å². The summed E-state index contributed by atoms with van der Waals surface area (Å²) in [6.07, 6.45) is 0. The molecule has 1 aromatic rings. The second-order valence-electron chi connectivity index (χ2n) is 3.26. The van der Waals surface area contributed by atoms with E-state index >= 15 is 0 Å². The second kappa shape index (κ2) is 5.20. The van der Waals surface area contributed by atoms with Crippen LogP contribution in [0.15, 0.2) is 12.1 Å². The number of rotatable bonds is 4. The predicted molar refractivity (Wildman–Crippen MR) is 64.0 cm³/mol. The van der Waals surface area contributed by atoms with Gasteiger partial charge in [-0.05, 0) is 6.07 Å². The summed E-state index contributed by atoms with van der Waals surface area (Å²) in [4.78, 5) is 21.9. The molecule has 0 saturated heterocycles. The van der Waals surface area contributed by atoms with Crippen LogP contribution in [0.1, 0.15) is 0 Å². The standard InChI is InChI=1S/C9H8Cl2N2O4/c1-12(4-9(14)15)7-2-5(10)6(11)3-8(7)13(16)17/h2-3H,4H2,1H3,(H,14,15). The van der Waals surface area contributed by atoms with Gasteiger partial charge in [0, 0.05) is 13.1 Å². The largest absolute Gasteiger partial charge is 0.480 e. The van der Waals surface area contributed by atoms with Crippen molar-refractivity contribution < 1.29 is 14.8 Å². The molecule has 8 heteroatoms. The Kier molecular flexibility index (Phi) is 4.14. The van der Waals surface area contributed by atoms with Crippen LogP contribution < -0.4 is 4.90 Å². The highest BCUT2D eigenvalue weighted by molar-refractivity contribution is 6.42. The third-order valence-electron chi connectivity index (χ3n) is 2.00. The lowest BCUT2D eigenvalue weighted by atomic mass is 10.2. The summed E-state index contributed by atoms with van der Waals surface area (Å²) in [6.45, 7) is -0.376. The molecule has 92 valence electrons. The zero-order valence-corrected chi connectivity index (χ0v) is 10.2. The highest BCUT2D eigenvalue weighted by Crippen LogP contribution is 2.35. The number of nitrogens with zero attached hydrogens (tertiary/aromatic N) is 2. The minimum Gasteiger partial charge on any atom is -0.480 e. The van der Waals surface area contributed by atoms with Gasteiger partial charge in [-0.3, -0.25) is 14.9 Å². The van der Waals surface area contributed by atoms with Crippen LogP contribution in [0.2, 0.25) is 10.0 Å². The number of hydrogen-bond acceptors (Lipinski definition) is 4. The molecule has 0 spiro atoms. The number of likely N-dealkylation sites (N-methyl/N-ethyl adjacent to an activating group) is 1. The molecule has 0 amide bonds. The molecular formula is C9H8Cl2N2O4. The maximum absolute atomic E-state index is 10.8. The highest BCUT2D eigenvalue weighted by atomic mass is 35.5. The summed E-state index contributed by atoms with van der Waals surface area (Å²) in [5.74, 6) is -1.10. The molecule has 0 fully saturated rings. The maximum Gasteiger partial charge on any atom is 0.323 e. The summed E-state index contributed by atoms with van der Waals surface area (Å²) >= 11 is 11.4. The molecule has 0 aromatic heterocycles. The van der Waals surface area contributed by atoms with E-state index in [1.165, 1.54) is 18.0 Å². The van der Waals surface area contributed by atoms with E-state index in [-0.39, 0.29) is 28.0 Å². The smallest absolute Gasteiger partial charge is 0.323 e. The van der Waals surface area contributed by atoms with Crippen LogP contribution in [-0.4, -0.2) is 29.6 Å². The predicted octanol–water partition coefficient (Wildman–Crippen LogP) is 2.42. The Morgan fingerprint density at radius 2 is 2.00 bits per heavy atom. The normalized spacial score (nSPS) is 10.1. The molecule has 0 bridgehead atoms. The van der Waals surface area contributed by atoms with Gasteiger partial charge < -0.3 is 10.0 Å². The molecule has 0 heterocycles. The quantitative estimate of drug-likeness (QED) is 0.675. The fraction of sp³-hybridized carbons (Fsp3) is 0.222. The van der Waals surface area contributed by atoms with Crippen molar-refractivity contribution >= 4 is 40.5 Å². The molecule has 0 unspecified atom stereocenters.